The molecule has 6 nitrogen and oxygen atoms in total. The lowest BCUT2D eigenvalue weighted by molar-refractivity contribution is 0.462. The summed E-state index contributed by atoms with van der Waals surface area (Å²) < 4.78 is 3.83. The van der Waals surface area contributed by atoms with Gasteiger partial charge in [0.1, 0.15) is 5.82 Å². The Morgan fingerprint density at radius 2 is 2.00 bits per heavy atom. The van der Waals surface area contributed by atoms with Gasteiger partial charge in [0, 0.05) is 37.1 Å². The van der Waals surface area contributed by atoms with Crippen LogP contribution in [0.2, 0.25) is 5.02 Å². The van der Waals surface area contributed by atoms with Crippen LogP contribution in [-0.4, -0.2) is 25.1 Å². The summed E-state index contributed by atoms with van der Waals surface area (Å²) in [6, 6.07) is 8.11. The number of H-pyrrole nitrogens is 1. The molecule has 7 heteroatoms. The molecule has 1 fully saturated rings. The molecular weight excluding hydrogens is 374 g/mol. The summed E-state index contributed by atoms with van der Waals surface area (Å²) in [5, 5.41) is 4.24. The van der Waals surface area contributed by atoms with Crippen molar-refractivity contribution in [2.24, 2.45) is 0 Å². The fraction of sp³-hybridized carbons (Fsp3) is 0.429. The summed E-state index contributed by atoms with van der Waals surface area (Å²) in [5.74, 6) is 0.785. The van der Waals surface area contributed by atoms with Crippen molar-refractivity contribution >= 4 is 17.4 Å². The van der Waals surface area contributed by atoms with E-state index in [0.717, 1.165) is 42.9 Å². The first kappa shape index (κ1) is 18.9. The maximum Gasteiger partial charge on any atom is 0.327 e. The molecule has 1 aromatic carbocycles. The number of aryl methyl sites for hydroxylation is 1. The van der Waals surface area contributed by atoms with E-state index in [9.17, 15) is 4.79 Å². The van der Waals surface area contributed by atoms with Gasteiger partial charge in [-0.1, -0.05) is 49.1 Å². The Bertz CT molecular complexity index is 954. The highest BCUT2D eigenvalue weighted by atomic mass is 35.5. The van der Waals surface area contributed by atoms with E-state index < -0.39 is 0 Å². The fourth-order valence-corrected chi connectivity index (χ4v) is 4.23. The van der Waals surface area contributed by atoms with E-state index in [0.29, 0.717) is 17.6 Å². The number of nitrogens with one attached hydrogen (secondary N) is 2. The molecule has 2 aromatic heterocycles. The SMILES string of the molecule is O=c1[nH]c(NC2CCCCC2)c(-c2ccccc2Cl)n1CCCn1ccnc1. The minimum atomic E-state index is -0.0983. The smallest absolute Gasteiger partial charge is 0.327 e. The minimum Gasteiger partial charge on any atom is -0.367 e. The van der Waals surface area contributed by atoms with E-state index in [1.165, 1.54) is 19.3 Å². The van der Waals surface area contributed by atoms with Crippen LogP contribution in [0.25, 0.3) is 11.3 Å². The third-order valence-corrected chi connectivity index (χ3v) is 5.75. The van der Waals surface area contributed by atoms with Crippen LogP contribution in [0.15, 0.2) is 47.8 Å². The van der Waals surface area contributed by atoms with Crippen molar-refractivity contribution in [3.05, 3.63) is 58.5 Å². The van der Waals surface area contributed by atoms with Crippen molar-refractivity contribution < 1.29 is 0 Å². The highest BCUT2D eigenvalue weighted by molar-refractivity contribution is 6.33. The van der Waals surface area contributed by atoms with Gasteiger partial charge in [-0.15, -0.1) is 0 Å². The topological polar surface area (TPSA) is 67.6 Å². The first-order valence-electron chi connectivity index (χ1n) is 10.0. The predicted octanol–water partition coefficient (Wildman–Crippen LogP) is 4.53. The molecule has 0 spiro atoms. The summed E-state index contributed by atoms with van der Waals surface area (Å²) in [4.78, 5) is 19.9. The second-order valence-corrected chi connectivity index (χ2v) is 7.83. The molecular formula is C21H26ClN5O. The van der Waals surface area contributed by atoms with E-state index in [1.807, 2.05) is 39.6 Å². The number of halogens is 1. The van der Waals surface area contributed by atoms with Crippen LogP contribution < -0.4 is 11.0 Å². The van der Waals surface area contributed by atoms with Gasteiger partial charge >= 0.3 is 5.69 Å². The largest absolute Gasteiger partial charge is 0.367 e. The van der Waals surface area contributed by atoms with Crippen molar-refractivity contribution in [2.45, 2.75) is 57.7 Å². The van der Waals surface area contributed by atoms with Crippen LogP contribution in [0.4, 0.5) is 5.82 Å². The average molecular weight is 400 g/mol. The quantitative estimate of drug-likeness (QED) is 0.613. The van der Waals surface area contributed by atoms with Crippen LogP contribution in [0.5, 0.6) is 0 Å². The van der Waals surface area contributed by atoms with Gasteiger partial charge in [0.2, 0.25) is 0 Å². The fourth-order valence-electron chi connectivity index (χ4n) is 4.00. The van der Waals surface area contributed by atoms with Crippen molar-refractivity contribution in [3.8, 4) is 11.3 Å². The lowest BCUT2D eigenvalue weighted by Gasteiger charge is -2.24. The molecule has 1 aliphatic carbocycles. The molecule has 2 N–H and O–H groups in total. The van der Waals surface area contributed by atoms with E-state index in [2.05, 4.69) is 15.3 Å². The molecule has 0 bridgehead atoms. The number of rotatable bonds is 7. The molecule has 1 saturated carbocycles. The normalized spacial score (nSPS) is 15.0. The number of benzene rings is 1. The maximum absolute atomic E-state index is 12.8. The molecule has 0 atom stereocenters. The van der Waals surface area contributed by atoms with E-state index in [-0.39, 0.29) is 5.69 Å². The van der Waals surface area contributed by atoms with Gasteiger partial charge in [-0.3, -0.25) is 9.55 Å². The average Bonchev–Trinajstić information content (AvgIpc) is 3.32. The van der Waals surface area contributed by atoms with Gasteiger partial charge < -0.3 is 9.88 Å². The van der Waals surface area contributed by atoms with Gasteiger partial charge in [-0.05, 0) is 25.3 Å². The Balaban J connectivity index is 1.63. The number of anilines is 1. The number of hydrogen-bond acceptors (Lipinski definition) is 3. The molecule has 0 saturated heterocycles. The summed E-state index contributed by atoms with van der Waals surface area (Å²) in [5.41, 5.74) is 1.63. The van der Waals surface area contributed by atoms with Crippen LogP contribution in [0.1, 0.15) is 38.5 Å². The Morgan fingerprint density at radius 3 is 2.75 bits per heavy atom. The molecule has 3 aromatic rings. The zero-order valence-electron chi connectivity index (χ0n) is 15.9. The van der Waals surface area contributed by atoms with Crippen molar-refractivity contribution in [1.82, 2.24) is 19.1 Å². The summed E-state index contributed by atoms with van der Waals surface area (Å²) in [7, 11) is 0. The van der Waals surface area contributed by atoms with E-state index >= 15 is 0 Å². The van der Waals surface area contributed by atoms with Gasteiger partial charge in [0.25, 0.3) is 0 Å². The van der Waals surface area contributed by atoms with Crippen molar-refractivity contribution in [1.29, 1.82) is 0 Å². The molecule has 0 amide bonds. The van der Waals surface area contributed by atoms with E-state index in [1.54, 1.807) is 12.5 Å². The Labute approximate surface area is 169 Å². The highest BCUT2D eigenvalue weighted by Gasteiger charge is 2.21. The second-order valence-electron chi connectivity index (χ2n) is 7.42. The third kappa shape index (κ3) is 4.17. The highest BCUT2D eigenvalue weighted by Crippen LogP contribution is 2.33. The van der Waals surface area contributed by atoms with Crippen LogP contribution >= 0.6 is 11.6 Å². The molecule has 148 valence electrons. The van der Waals surface area contributed by atoms with E-state index in [4.69, 9.17) is 11.6 Å². The zero-order chi connectivity index (χ0) is 19.3. The Morgan fingerprint density at radius 1 is 1.18 bits per heavy atom. The number of hydrogen-bond donors (Lipinski definition) is 2. The first-order valence-corrected chi connectivity index (χ1v) is 10.4. The van der Waals surface area contributed by atoms with Gasteiger partial charge in [0.05, 0.1) is 17.0 Å². The van der Waals surface area contributed by atoms with Crippen LogP contribution in [0, 0.1) is 0 Å². The summed E-state index contributed by atoms with van der Waals surface area (Å²) >= 11 is 6.50. The van der Waals surface area contributed by atoms with Crippen LogP contribution in [0.3, 0.4) is 0 Å². The monoisotopic (exact) mass is 399 g/mol. The predicted molar refractivity (Wildman–Crippen MR) is 113 cm³/mol. The molecule has 0 aliphatic heterocycles. The van der Waals surface area contributed by atoms with Gasteiger partial charge in [0.15, 0.2) is 0 Å². The van der Waals surface area contributed by atoms with Gasteiger partial charge in [-0.25, -0.2) is 9.78 Å². The molecule has 2 heterocycles. The number of imidazole rings is 2. The standard InChI is InChI=1S/C21H26ClN5O/c22-18-10-5-4-9-17(18)19-20(24-16-7-2-1-3-8-16)25-21(28)27(19)13-6-12-26-14-11-23-15-26/h4-5,9-11,14-16,24H,1-3,6-8,12-13H2,(H,25,28). The summed E-state index contributed by atoms with van der Waals surface area (Å²) in [6.07, 6.45) is 12.4. The third-order valence-electron chi connectivity index (χ3n) is 5.42. The molecule has 28 heavy (non-hydrogen) atoms. The first-order chi connectivity index (χ1) is 13.7. The molecule has 0 unspecified atom stereocenters. The second kappa shape index (κ2) is 8.69. The van der Waals surface area contributed by atoms with Crippen molar-refractivity contribution in [2.75, 3.05) is 5.32 Å². The number of aromatic nitrogens is 4. The number of aromatic amines is 1. The molecule has 1 aliphatic rings. The number of nitrogens with zero attached hydrogens (tertiary/aromatic N) is 3. The Kier molecular flexibility index (Phi) is 5.86. The van der Waals surface area contributed by atoms with Crippen molar-refractivity contribution in [3.63, 3.8) is 0 Å². The zero-order valence-corrected chi connectivity index (χ0v) is 16.7. The Hall–Kier alpha value is -2.47. The molecule has 0 radical (unpaired) electrons. The molecule has 4 rings (SSSR count). The maximum atomic E-state index is 12.8. The van der Waals surface area contributed by atoms with Gasteiger partial charge in [-0.2, -0.15) is 0 Å². The summed E-state index contributed by atoms with van der Waals surface area (Å²) in [6.45, 7) is 1.42. The lowest BCUT2D eigenvalue weighted by Crippen LogP contribution is -2.23. The lowest BCUT2D eigenvalue weighted by atomic mass is 9.95. The van der Waals surface area contributed by atoms with Crippen LogP contribution in [-0.2, 0) is 13.1 Å². The minimum absolute atomic E-state index is 0.0983.